The van der Waals surface area contributed by atoms with E-state index in [2.05, 4.69) is 33.6 Å². The van der Waals surface area contributed by atoms with Crippen LogP contribution in [-0.2, 0) is 0 Å². The first-order chi connectivity index (χ1) is 7.86. The Morgan fingerprint density at radius 3 is 2.31 bits per heavy atom. The van der Waals surface area contributed by atoms with Crippen LogP contribution in [0, 0.1) is 0 Å². The second-order valence-electron chi connectivity index (χ2n) is 4.38. The Balaban J connectivity index is 2.13. The quantitative estimate of drug-likeness (QED) is 0.716. The van der Waals surface area contributed by atoms with E-state index in [0.717, 1.165) is 50.9 Å². The van der Waals surface area contributed by atoms with Gasteiger partial charge in [0.2, 0.25) is 0 Å². The summed E-state index contributed by atoms with van der Waals surface area (Å²) in [6, 6.07) is 0. The number of nitrogens with zero attached hydrogens (tertiary/aromatic N) is 4. The Morgan fingerprint density at radius 2 is 1.69 bits per heavy atom. The van der Waals surface area contributed by atoms with Crippen LogP contribution in [0.25, 0.3) is 0 Å². The molecule has 0 aromatic carbocycles. The lowest BCUT2D eigenvalue weighted by Crippen LogP contribution is -2.48. The van der Waals surface area contributed by atoms with Gasteiger partial charge in [0.25, 0.3) is 0 Å². The maximum absolute atomic E-state index is 4.68. The molecule has 0 saturated carbocycles. The zero-order chi connectivity index (χ0) is 11.4. The minimum atomic E-state index is 0.929. The van der Waals surface area contributed by atoms with Crippen molar-refractivity contribution in [3.63, 3.8) is 0 Å². The second kappa shape index (κ2) is 5.32. The Kier molecular flexibility index (Phi) is 3.80. The highest BCUT2D eigenvalue weighted by molar-refractivity contribution is 6.41. The van der Waals surface area contributed by atoms with Crippen molar-refractivity contribution in [2.45, 2.75) is 26.7 Å². The first-order valence-corrected chi connectivity index (χ1v) is 6.46. The SMILES string of the molecule is CCCN(CCC)C1=NCCN2CCN=C12. The average molecular weight is 222 g/mol. The minimum absolute atomic E-state index is 0.929. The van der Waals surface area contributed by atoms with Crippen LogP contribution in [0.1, 0.15) is 26.7 Å². The molecule has 0 N–H and O–H groups in total. The largest absolute Gasteiger partial charge is 0.354 e. The first-order valence-electron chi connectivity index (χ1n) is 6.46. The molecule has 0 aliphatic carbocycles. The van der Waals surface area contributed by atoms with Crippen molar-refractivity contribution < 1.29 is 0 Å². The second-order valence-corrected chi connectivity index (χ2v) is 4.38. The molecule has 0 unspecified atom stereocenters. The molecule has 2 aliphatic heterocycles. The van der Waals surface area contributed by atoms with Gasteiger partial charge in [-0.2, -0.15) is 0 Å². The zero-order valence-electron chi connectivity index (χ0n) is 10.4. The summed E-state index contributed by atoms with van der Waals surface area (Å²) in [6.45, 7) is 10.6. The third-order valence-electron chi connectivity index (χ3n) is 3.05. The molecule has 0 radical (unpaired) electrons. The van der Waals surface area contributed by atoms with E-state index in [1.165, 1.54) is 12.8 Å². The van der Waals surface area contributed by atoms with Gasteiger partial charge in [-0.15, -0.1) is 0 Å². The van der Waals surface area contributed by atoms with Crippen molar-refractivity contribution in [2.75, 3.05) is 39.3 Å². The van der Waals surface area contributed by atoms with Crippen LogP contribution in [0.4, 0.5) is 0 Å². The average Bonchev–Trinajstić information content (AvgIpc) is 2.76. The van der Waals surface area contributed by atoms with Gasteiger partial charge in [-0.3, -0.25) is 9.98 Å². The summed E-state index contributed by atoms with van der Waals surface area (Å²) in [5, 5.41) is 0. The topological polar surface area (TPSA) is 31.2 Å². The highest BCUT2D eigenvalue weighted by Crippen LogP contribution is 2.11. The lowest BCUT2D eigenvalue weighted by atomic mass is 10.3. The minimum Gasteiger partial charge on any atom is -0.354 e. The smallest absolute Gasteiger partial charge is 0.167 e. The van der Waals surface area contributed by atoms with Gasteiger partial charge in [0.1, 0.15) is 0 Å². The highest BCUT2D eigenvalue weighted by Gasteiger charge is 2.27. The summed E-state index contributed by atoms with van der Waals surface area (Å²) in [5.74, 6) is 2.29. The van der Waals surface area contributed by atoms with E-state index in [4.69, 9.17) is 0 Å². The van der Waals surface area contributed by atoms with Gasteiger partial charge in [0.05, 0.1) is 13.1 Å². The lowest BCUT2D eigenvalue weighted by molar-refractivity contribution is 0.399. The van der Waals surface area contributed by atoms with Crippen LogP contribution in [0.2, 0.25) is 0 Å². The molecular weight excluding hydrogens is 200 g/mol. The van der Waals surface area contributed by atoms with Crippen molar-refractivity contribution in [1.82, 2.24) is 9.80 Å². The number of hydrogen-bond donors (Lipinski definition) is 0. The van der Waals surface area contributed by atoms with Gasteiger partial charge >= 0.3 is 0 Å². The van der Waals surface area contributed by atoms with Gasteiger partial charge in [-0.1, -0.05) is 13.8 Å². The van der Waals surface area contributed by atoms with Crippen LogP contribution in [-0.4, -0.2) is 60.7 Å². The normalized spacial score (nSPS) is 19.2. The predicted molar refractivity (Wildman–Crippen MR) is 68.3 cm³/mol. The van der Waals surface area contributed by atoms with Crippen LogP contribution in [0.15, 0.2) is 9.98 Å². The van der Waals surface area contributed by atoms with Crippen molar-refractivity contribution in [3.05, 3.63) is 0 Å². The molecule has 2 heterocycles. The molecule has 4 nitrogen and oxygen atoms in total. The maximum Gasteiger partial charge on any atom is 0.167 e. The molecular formula is C12H22N4. The van der Waals surface area contributed by atoms with Gasteiger partial charge in [0, 0.05) is 26.2 Å². The molecule has 90 valence electrons. The fraction of sp³-hybridized carbons (Fsp3) is 0.833. The van der Waals surface area contributed by atoms with Gasteiger partial charge in [-0.25, -0.2) is 0 Å². The first kappa shape index (κ1) is 11.4. The Hall–Kier alpha value is -1.06. The Bertz CT molecular complexity index is 289. The summed E-state index contributed by atoms with van der Waals surface area (Å²) in [6.07, 6.45) is 2.35. The number of fused-ring (bicyclic) bond motifs is 1. The molecule has 16 heavy (non-hydrogen) atoms. The van der Waals surface area contributed by atoms with Gasteiger partial charge in [0.15, 0.2) is 11.7 Å². The van der Waals surface area contributed by atoms with Crippen molar-refractivity contribution >= 4 is 11.7 Å². The zero-order valence-corrected chi connectivity index (χ0v) is 10.4. The monoisotopic (exact) mass is 222 g/mol. The lowest BCUT2D eigenvalue weighted by Gasteiger charge is -2.32. The summed E-state index contributed by atoms with van der Waals surface area (Å²) in [7, 11) is 0. The van der Waals surface area contributed by atoms with E-state index >= 15 is 0 Å². The van der Waals surface area contributed by atoms with Crippen LogP contribution >= 0.6 is 0 Å². The Labute approximate surface area is 98.1 Å². The fourth-order valence-corrected chi connectivity index (χ4v) is 2.36. The molecule has 0 aromatic heterocycles. The van der Waals surface area contributed by atoms with Crippen LogP contribution < -0.4 is 0 Å². The molecule has 4 heteroatoms. The number of rotatable bonds is 4. The molecule has 0 bridgehead atoms. The summed E-state index contributed by atoms with van der Waals surface area (Å²) < 4.78 is 0. The Morgan fingerprint density at radius 1 is 1.06 bits per heavy atom. The van der Waals surface area contributed by atoms with Gasteiger partial charge in [-0.05, 0) is 12.8 Å². The number of amidine groups is 2. The third kappa shape index (κ3) is 2.20. The number of aliphatic imine (C=N–C) groups is 2. The van der Waals surface area contributed by atoms with E-state index in [-0.39, 0.29) is 0 Å². The van der Waals surface area contributed by atoms with Crippen LogP contribution in [0.5, 0.6) is 0 Å². The summed E-state index contributed by atoms with van der Waals surface area (Å²) in [4.78, 5) is 14.0. The molecule has 0 fully saturated rings. The summed E-state index contributed by atoms with van der Waals surface area (Å²) >= 11 is 0. The maximum atomic E-state index is 4.68. The van der Waals surface area contributed by atoms with E-state index < -0.39 is 0 Å². The van der Waals surface area contributed by atoms with Gasteiger partial charge < -0.3 is 9.80 Å². The molecule has 0 aromatic rings. The molecule has 2 rings (SSSR count). The molecule has 0 spiro atoms. The van der Waals surface area contributed by atoms with E-state index in [1.54, 1.807) is 0 Å². The number of hydrogen-bond acceptors (Lipinski definition) is 4. The fourth-order valence-electron chi connectivity index (χ4n) is 2.36. The van der Waals surface area contributed by atoms with Crippen LogP contribution in [0.3, 0.4) is 0 Å². The third-order valence-corrected chi connectivity index (χ3v) is 3.05. The van der Waals surface area contributed by atoms with Crippen molar-refractivity contribution in [3.8, 4) is 0 Å². The summed E-state index contributed by atoms with van der Waals surface area (Å²) in [5.41, 5.74) is 0. The van der Waals surface area contributed by atoms with E-state index in [0.29, 0.717) is 0 Å². The van der Waals surface area contributed by atoms with Crippen molar-refractivity contribution in [1.29, 1.82) is 0 Å². The van der Waals surface area contributed by atoms with E-state index in [1.807, 2.05) is 0 Å². The van der Waals surface area contributed by atoms with Crippen molar-refractivity contribution in [2.24, 2.45) is 9.98 Å². The van der Waals surface area contributed by atoms with E-state index in [9.17, 15) is 0 Å². The highest BCUT2D eigenvalue weighted by atomic mass is 15.3. The predicted octanol–water partition coefficient (Wildman–Crippen LogP) is 1.23. The molecule has 2 aliphatic rings. The molecule has 0 atom stereocenters. The molecule has 0 amide bonds. The molecule has 0 saturated heterocycles. The standard InChI is InChI=1S/C12H22N4/c1-3-7-15(8-4-2)11-12-14-6-10-16(12)9-5-13-11/h3-10H2,1-2H3.